The third-order valence-corrected chi connectivity index (χ3v) is 16.2. The molecule has 0 radical (unpaired) electrons. The summed E-state index contributed by atoms with van der Waals surface area (Å²) in [6.45, 7) is 0. The monoisotopic (exact) mass is 1230 g/mol. The number of rotatable bonds is 3. The molecule has 0 saturated carbocycles. The molecule has 8 bridgehead atoms. The predicted octanol–water partition coefficient (Wildman–Crippen LogP) is 19.5. The van der Waals surface area contributed by atoms with Crippen molar-refractivity contribution in [3.05, 3.63) is 233 Å². The molecule has 0 aliphatic carbocycles. The van der Waals surface area contributed by atoms with Crippen LogP contribution >= 0.6 is 34.8 Å². The number of benzene rings is 11. The van der Waals surface area contributed by atoms with Gasteiger partial charge in [0.25, 0.3) is 0 Å². The average molecular weight is 1240 g/mol. The van der Waals surface area contributed by atoms with E-state index in [0.29, 0.717) is 26.5 Å². The summed E-state index contributed by atoms with van der Waals surface area (Å²) in [6.07, 6.45) is 0. The number of hydrogen-bond acceptors (Lipinski definition) is 3. The Morgan fingerprint density at radius 2 is 0.577 bits per heavy atom. The van der Waals surface area contributed by atoms with E-state index in [0.717, 1.165) is 154 Å². The van der Waals surface area contributed by atoms with Crippen LogP contribution in [-0.2, 0) is 21.1 Å². The Morgan fingerprint density at radius 3 is 0.962 bits per heavy atom. The zero-order valence-electron chi connectivity index (χ0n) is 41.0. The van der Waals surface area contributed by atoms with Crippen LogP contribution in [0.25, 0.3) is 165 Å². The summed E-state index contributed by atoms with van der Waals surface area (Å²) >= 11 is 20.3. The molecule has 5 heterocycles. The van der Waals surface area contributed by atoms with E-state index in [9.17, 15) is 0 Å². The number of fused-ring (bicyclic) bond motifs is 24. The molecule has 78 heavy (non-hydrogen) atoms. The second kappa shape index (κ2) is 18.1. The van der Waals surface area contributed by atoms with Gasteiger partial charge in [-0.15, -0.1) is 11.0 Å². The van der Waals surface area contributed by atoms with Crippen LogP contribution < -0.4 is 9.97 Å². The smallest absolute Gasteiger partial charge is 0.656 e. The van der Waals surface area contributed by atoms with Crippen molar-refractivity contribution < 1.29 is 21.1 Å². The van der Waals surface area contributed by atoms with Crippen LogP contribution in [0.3, 0.4) is 0 Å². The summed E-state index contributed by atoms with van der Waals surface area (Å²) in [5.41, 5.74) is 14.1. The molecule has 0 amide bonds. The van der Waals surface area contributed by atoms with E-state index in [1.807, 2.05) is 36.4 Å². The van der Waals surface area contributed by atoms with Gasteiger partial charge < -0.3 is 15.0 Å². The van der Waals surface area contributed by atoms with Crippen LogP contribution in [0.5, 0.6) is 0 Å². The topological polar surface area (TPSA) is 66.9 Å². The summed E-state index contributed by atoms with van der Waals surface area (Å²) in [5, 5.41) is 14.3. The summed E-state index contributed by atoms with van der Waals surface area (Å²) < 4.78 is 0. The quantitative estimate of drug-likeness (QED) is 0.176. The number of aromatic nitrogens is 5. The number of nitrogens with zero attached hydrogens (tertiary/aromatic N) is 5. The molecule has 9 heteroatoms. The van der Waals surface area contributed by atoms with Gasteiger partial charge in [-0.1, -0.05) is 168 Å². The van der Waals surface area contributed by atoms with Crippen LogP contribution in [0.4, 0.5) is 0 Å². The van der Waals surface area contributed by atoms with Crippen LogP contribution in [0.15, 0.2) is 218 Å². The zero-order valence-corrected chi connectivity index (χ0v) is 45.5. The average Bonchev–Trinajstić information content (AvgIpc) is 4.42. The summed E-state index contributed by atoms with van der Waals surface area (Å²) in [4.78, 5) is 29.1. The van der Waals surface area contributed by atoms with Gasteiger partial charge >= 0.3 is 21.1 Å². The number of halogens is 3. The minimum Gasteiger partial charge on any atom is -0.656 e. The second-order valence-electron chi connectivity index (χ2n) is 19.9. The van der Waals surface area contributed by atoms with E-state index in [1.54, 1.807) is 0 Å². The van der Waals surface area contributed by atoms with Gasteiger partial charge in [-0.25, -0.2) is 4.98 Å². The maximum atomic E-state index is 6.79. The molecule has 16 rings (SSSR count). The third kappa shape index (κ3) is 7.37. The SMILES string of the molecule is Clc1ccc(-c2c3nc(c(-c4ccc(Cl)cc4)c4[n-]c(c(-c5ccc(Cl)cc5)c5nc(nc6[n-]c2c2cc7ccccc7cc62)-c2cc6ccccc6cc2-5)c2cc5ccccc5cc42)-c2cc4ccccc4cc2-3)cc1.[Pt+2]. The Kier molecular flexibility index (Phi) is 10.9. The van der Waals surface area contributed by atoms with E-state index < -0.39 is 0 Å². The van der Waals surface area contributed by atoms with Gasteiger partial charge in [-0.2, -0.15) is 0 Å². The molecule has 0 spiro atoms. The second-order valence-corrected chi connectivity index (χ2v) is 21.2. The van der Waals surface area contributed by atoms with Crippen molar-refractivity contribution in [2.75, 3.05) is 0 Å². The molecule has 368 valence electrons. The van der Waals surface area contributed by atoms with Crippen LogP contribution in [0.2, 0.25) is 15.1 Å². The van der Waals surface area contributed by atoms with E-state index in [1.165, 1.54) is 0 Å². The van der Waals surface area contributed by atoms with E-state index >= 15 is 0 Å². The molecular weight excluding hydrogens is 1200 g/mol. The van der Waals surface area contributed by atoms with Crippen LogP contribution in [-0.4, -0.2) is 15.0 Å². The fraction of sp³-hybridized carbons (Fsp3) is 0. The molecule has 0 fully saturated rings. The van der Waals surface area contributed by atoms with Gasteiger partial charge in [0, 0.05) is 42.9 Å². The summed E-state index contributed by atoms with van der Waals surface area (Å²) in [7, 11) is 0. The molecule has 0 atom stereocenters. The molecule has 0 unspecified atom stereocenters. The summed E-state index contributed by atoms with van der Waals surface area (Å²) in [5.74, 6) is 0.548. The van der Waals surface area contributed by atoms with Gasteiger partial charge in [0.2, 0.25) is 0 Å². The Morgan fingerprint density at radius 1 is 0.282 bits per heavy atom. The molecule has 0 saturated heterocycles. The fourth-order valence-corrected chi connectivity index (χ4v) is 12.2. The first-order valence-corrected chi connectivity index (χ1v) is 26.6. The Labute approximate surface area is 476 Å². The first-order chi connectivity index (χ1) is 37.8. The first kappa shape index (κ1) is 46.9. The predicted molar refractivity (Wildman–Crippen MR) is 322 cm³/mol. The van der Waals surface area contributed by atoms with E-state index in [-0.39, 0.29) is 21.1 Å². The Balaban J connectivity index is 0.00000529. The van der Waals surface area contributed by atoms with Gasteiger partial charge in [0.05, 0.1) is 22.9 Å². The van der Waals surface area contributed by atoms with E-state index in [4.69, 9.17) is 59.7 Å². The zero-order chi connectivity index (χ0) is 51.0. The maximum Gasteiger partial charge on any atom is 2.00 e. The van der Waals surface area contributed by atoms with Crippen LogP contribution in [0, 0.1) is 0 Å². The van der Waals surface area contributed by atoms with Gasteiger partial charge in [0.15, 0.2) is 0 Å². The Hall–Kier alpha value is -8.41. The minimum absolute atomic E-state index is 0. The van der Waals surface area contributed by atoms with Crippen LogP contribution in [0.1, 0.15) is 0 Å². The first-order valence-electron chi connectivity index (χ1n) is 25.4. The molecular formula is C69H36Cl3N5Pt. The van der Waals surface area contributed by atoms with Crippen molar-refractivity contribution in [2.45, 2.75) is 0 Å². The molecule has 11 aromatic carbocycles. The van der Waals surface area contributed by atoms with Gasteiger partial charge in [-0.05, 0) is 189 Å². The molecule has 2 aliphatic rings. The van der Waals surface area contributed by atoms with Gasteiger partial charge in [-0.3, -0.25) is 4.98 Å². The molecule has 3 aromatic heterocycles. The van der Waals surface area contributed by atoms with Crippen molar-refractivity contribution in [3.63, 3.8) is 0 Å². The standard InChI is InChI=1S/C69H36Cl3N5.Pt/c70-48-23-17-37(18-24-48)59-62-51-29-40-9-1-3-11-42(40)31-53(51)64(73-62)60(38-19-25-49(71)26-20-38)66-55-33-44-13-5-7-15-46(44)35-57(55)68(75-66)77-69-58-36-47-16-8-6-14-45(47)34-56(58)67(76-69)61(39-21-27-50(72)28-22-39)65-54-32-43-12-4-2-10-41(43)30-52(54)63(59)74-65;/h1-36H;/q-2;+2. The van der Waals surface area contributed by atoms with Crippen molar-refractivity contribution in [2.24, 2.45) is 0 Å². The van der Waals surface area contributed by atoms with E-state index in [2.05, 4.69) is 182 Å². The van der Waals surface area contributed by atoms with Crippen molar-refractivity contribution in [1.29, 1.82) is 0 Å². The van der Waals surface area contributed by atoms with Crippen molar-refractivity contribution in [3.8, 4) is 78.5 Å². The van der Waals surface area contributed by atoms with Gasteiger partial charge in [0.1, 0.15) is 0 Å². The molecule has 5 nitrogen and oxygen atoms in total. The minimum atomic E-state index is 0. The maximum absolute atomic E-state index is 6.79. The Bertz CT molecular complexity index is 5020. The fourth-order valence-electron chi connectivity index (χ4n) is 11.8. The number of hydrogen-bond donors (Lipinski definition) is 0. The normalized spacial score (nSPS) is 11.9. The van der Waals surface area contributed by atoms with Crippen molar-refractivity contribution >= 4 is 122 Å². The largest absolute Gasteiger partial charge is 2.00 e. The molecule has 0 N–H and O–H groups in total. The van der Waals surface area contributed by atoms with Crippen molar-refractivity contribution in [1.82, 2.24) is 24.9 Å². The summed E-state index contributed by atoms with van der Waals surface area (Å²) in [6, 6.07) is 76.0. The molecule has 14 aromatic rings. The molecule has 2 aliphatic heterocycles. The third-order valence-electron chi connectivity index (χ3n) is 15.5.